The minimum atomic E-state index is 0.814. The molecule has 0 aliphatic carbocycles. The van der Waals surface area contributed by atoms with E-state index in [4.69, 9.17) is 11.6 Å². The van der Waals surface area contributed by atoms with Gasteiger partial charge in [0.1, 0.15) is 0 Å². The van der Waals surface area contributed by atoms with Crippen molar-refractivity contribution in [3.63, 3.8) is 0 Å². The van der Waals surface area contributed by atoms with E-state index in [1.54, 1.807) is 0 Å². The third-order valence-corrected chi connectivity index (χ3v) is 3.68. The fraction of sp³-hybridized carbons (Fsp3) is 0.294. The van der Waals surface area contributed by atoms with Crippen LogP contribution in [-0.4, -0.2) is 6.54 Å². The zero-order valence-corrected chi connectivity index (χ0v) is 12.5. The quantitative estimate of drug-likeness (QED) is 0.849. The summed E-state index contributed by atoms with van der Waals surface area (Å²) in [5, 5.41) is 4.15. The standard InChI is InChI=1S/C17H20ClN/c1-4-19-11-15-10-14(7-8-17(15)18)16-9-12(2)5-6-13(16)3/h5-10,19H,4,11H2,1-3H3. The first kappa shape index (κ1) is 14.1. The highest BCUT2D eigenvalue weighted by Crippen LogP contribution is 2.28. The van der Waals surface area contributed by atoms with E-state index in [-0.39, 0.29) is 0 Å². The maximum Gasteiger partial charge on any atom is 0.0451 e. The second-order valence-corrected chi connectivity index (χ2v) is 5.31. The Labute approximate surface area is 120 Å². The molecule has 1 nitrogen and oxygen atoms in total. The number of halogens is 1. The molecule has 0 aromatic heterocycles. The lowest BCUT2D eigenvalue weighted by Crippen LogP contribution is -2.12. The fourth-order valence-electron chi connectivity index (χ4n) is 2.18. The molecule has 100 valence electrons. The summed E-state index contributed by atoms with van der Waals surface area (Å²) in [6, 6.07) is 12.8. The van der Waals surface area contributed by atoms with Gasteiger partial charge in [0.05, 0.1) is 0 Å². The van der Waals surface area contributed by atoms with E-state index in [0.717, 1.165) is 23.7 Å². The number of benzene rings is 2. The van der Waals surface area contributed by atoms with E-state index < -0.39 is 0 Å². The first-order valence-electron chi connectivity index (χ1n) is 6.68. The maximum absolute atomic E-state index is 6.25. The van der Waals surface area contributed by atoms with Crippen molar-refractivity contribution in [2.75, 3.05) is 6.54 Å². The van der Waals surface area contributed by atoms with Crippen LogP contribution in [0.4, 0.5) is 0 Å². The van der Waals surface area contributed by atoms with E-state index in [1.807, 2.05) is 6.07 Å². The molecule has 1 N–H and O–H groups in total. The van der Waals surface area contributed by atoms with Crippen LogP contribution in [0.25, 0.3) is 11.1 Å². The van der Waals surface area contributed by atoms with Crippen LogP contribution in [-0.2, 0) is 6.54 Å². The normalized spacial score (nSPS) is 10.7. The number of hydrogen-bond donors (Lipinski definition) is 1. The van der Waals surface area contributed by atoms with Crippen molar-refractivity contribution in [1.82, 2.24) is 5.32 Å². The van der Waals surface area contributed by atoms with Gasteiger partial charge in [0.15, 0.2) is 0 Å². The van der Waals surface area contributed by atoms with Crippen LogP contribution in [0.5, 0.6) is 0 Å². The summed E-state index contributed by atoms with van der Waals surface area (Å²) in [5.74, 6) is 0. The number of nitrogens with one attached hydrogen (secondary N) is 1. The Balaban J connectivity index is 2.42. The van der Waals surface area contributed by atoms with Crippen LogP contribution in [0.3, 0.4) is 0 Å². The number of rotatable bonds is 4. The van der Waals surface area contributed by atoms with Crippen molar-refractivity contribution < 1.29 is 0 Å². The van der Waals surface area contributed by atoms with Crippen LogP contribution < -0.4 is 5.32 Å². The maximum atomic E-state index is 6.25. The zero-order valence-electron chi connectivity index (χ0n) is 11.8. The van der Waals surface area contributed by atoms with Gasteiger partial charge in [-0.15, -0.1) is 0 Å². The summed E-state index contributed by atoms with van der Waals surface area (Å²) < 4.78 is 0. The highest BCUT2D eigenvalue weighted by Gasteiger charge is 2.06. The summed E-state index contributed by atoms with van der Waals surface area (Å²) in [4.78, 5) is 0. The van der Waals surface area contributed by atoms with Gasteiger partial charge >= 0.3 is 0 Å². The molecule has 0 radical (unpaired) electrons. The lowest BCUT2D eigenvalue weighted by molar-refractivity contribution is 0.727. The Morgan fingerprint density at radius 1 is 1.05 bits per heavy atom. The van der Waals surface area contributed by atoms with Gasteiger partial charge in [0, 0.05) is 11.6 Å². The van der Waals surface area contributed by atoms with E-state index in [2.05, 4.69) is 56.4 Å². The van der Waals surface area contributed by atoms with Crippen molar-refractivity contribution >= 4 is 11.6 Å². The predicted molar refractivity (Wildman–Crippen MR) is 83.7 cm³/mol. The molecule has 0 unspecified atom stereocenters. The first-order chi connectivity index (χ1) is 9.11. The fourth-order valence-corrected chi connectivity index (χ4v) is 2.37. The van der Waals surface area contributed by atoms with Crippen LogP contribution in [0, 0.1) is 13.8 Å². The van der Waals surface area contributed by atoms with Gasteiger partial charge in [-0.2, -0.15) is 0 Å². The molecule has 2 heteroatoms. The van der Waals surface area contributed by atoms with Crippen LogP contribution in [0.2, 0.25) is 5.02 Å². The number of aryl methyl sites for hydroxylation is 2. The average molecular weight is 274 g/mol. The third kappa shape index (κ3) is 3.37. The molecular weight excluding hydrogens is 254 g/mol. The van der Waals surface area contributed by atoms with E-state index in [9.17, 15) is 0 Å². The van der Waals surface area contributed by atoms with E-state index in [1.165, 1.54) is 22.3 Å². The van der Waals surface area contributed by atoms with E-state index >= 15 is 0 Å². The van der Waals surface area contributed by atoms with Gasteiger partial charge in [-0.3, -0.25) is 0 Å². The molecule has 0 fully saturated rings. The highest BCUT2D eigenvalue weighted by atomic mass is 35.5. The lowest BCUT2D eigenvalue weighted by atomic mass is 9.97. The van der Waals surface area contributed by atoms with Crippen molar-refractivity contribution in [2.45, 2.75) is 27.3 Å². The molecule has 2 rings (SSSR count). The number of hydrogen-bond acceptors (Lipinski definition) is 1. The second-order valence-electron chi connectivity index (χ2n) is 4.90. The molecule has 0 heterocycles. The summed E-state index contributed by atoms with van der Waals surface area (Å²) in [6.45, 7) is 8.13. The molecule has 0 spiro atoms. The topological polar surface area (TPSA) is 12.0 Å². The lowest BCUT2D eigenvalue weighted by Gasteiger charge is -2.11. The van der Waals surface area contributed by atoms with Gasteiger partial charge in [-0.05, 0) is 54.8 Å². The van der Waals surface area contributed by atoms with Gasteiger partial charge in [-0.25, -0.2) is 0 Å². The Bertz CT molecular complexity index is 575. The average Bonchev–Trinajstić information content (AvgIpc) is 2.41. The third-order valence-electron chi connectivity index (χ3n) is 3.32. The van der Waals surface area contributed by atoms with Gasteiger partial charge in [0.2, 0.25) is 0 Å². The summed E-state index contributed by atoms with van der Waals surface area (Å²) >= 11 is 6.25. The van der Waals surface area contributed by atoms with Gasteiger partial charge in [-0.1, -0.05) is 48.4 Å². The molecule has 0 amide bonds. The van der Waals surface area contributed by atoms with Crippen LogP contribution in [0.1, 0.15) is 23.6 Å². The second kappa shape index (κ2) is 6.23. The Kier molecular flexibility index (Phi) is 4.62. The van der Waals surface area contributed by atoms with Crippen LogP contribution in [0.15, 0.2) is 36.4 Å². The first-order valence-corrected chi connectivity index (χ1v) is 7.06. The molecule has 0 atom stereocenters. The molecule has 0 aliphatic heterocycles. The summed E-state index contributed by atoms with van der Waals surface area (Å²) in [6.07, 6.45) is 0. The molecule has 0 bridgehead atoms. The molecule has 19 heavy (non-hydrogen) atoms. The Morgan fingerprint density at radius 3 is 2.58 bits per heavy atom. The largest absolute Gasteiger partial charge is 0.313 e. The van der Waals surface area contributed by atoms with Crippen molar-refractivity contribution in [1.29, 1.82) is 0 Å². The molecule has 0 aliphatic rings. The molecule has 2 aromatic rings. The molecule has 0 saturated heterocycles. The Morgan fingerprint density at radius 2 is 1.84 bits per heavy atom. The molecule has 0 saturated carbocycles. The molecular formula is C17H20ClN. The predicted octanol–water partition coefficient (Wildman–Crippen LogP) is 4.73. The minimum Gasteiger partial charge on any atom is -0.313 e. The monoisotopic (exact) mass is 273 g/mol. The van der Waals surface area contributed by atoms with Crippen LogP contribution >= 0.6 is 11.6 Å². The minimum absolute atomic E-state index is 0.814. The summed E-state index contributed by atoms with van der Waals surface area (Å²) in [7, 11) is 0. The van der Waals surface area contributed by atoms with Crippen molar-refractivity contribution in [2.24, 2.45) is 0 Å². The Hall–Kier alpha value is -1.31. The SMILES string of the molecule is CCNCc1cc(-c2cc(C)ccc2C)ccc1Cl. The van der Waals surface area contributed by atoms with Gasteiger partial charge in [0.25, 0.3) is 0 Å². The van der Waals surface area contributed by atoms with Gasteiger partial charge < -0.3 is 5.32 Å². The zero-order chi connectivity index (χ0) is 13.8. The highest BCUT2D eigenvalue weighted by molar-refractivity contribution is 6.31. The molecule has 2 aromatic carbocycles. The van der Waals surface area contributed by atoms with E-state index in [0.29, 0.717) is 0 Å². The smallest absolute Gasteiger partial charge is 0.0451 e. The van der Waals surface area contributed by atoms with Crippen molar-refractivity contribution in [3.05, 3.63) is 58.1 Å². The summed E-state index contributed by atoms with van der Waals surface area (Å²) in [5.41, 5.74) is 6.25. The van der Waals surface area contributed by atoms with Crippen molar-refractivity contribution in [3.8, 4) is 11.1 Å².